The zero-order valence-corrected chi connectivity index (χ0v) is 7.93. The lowest BCUT2D eigenvalue weighted by atomic mass is 10.0. The molecule has 4 N–H and O–H groups in total. The van der Waals surface area contributed by atoms with Crippen LogP contribution in [0, 0.1) is 5.82 Å². The van der Waals surface area contributed by atoms with Gasteiger partial charge >= 0.3 is 5.97 Å². The molecular weight excluding hydrogens is 201 g/mol. The zero-order valence-electron chi connectivity index (χ0n) is 7.93. The Balaban J connectivity index is 2.64. The number of carboxylic acids is 1. The van der Waals surface area contributed by atoms with Crippen LogP contribution in [0.4, 0.5) is 4.39 Å². The maximum Gasteiger partial charge on any atom is 0.320 e. The summed E-state index contributed by atoms with van der Waals surface area (Å²) in [6.45, 7) is 0. The Morgan fingerprint density at radius 2 is 1.93 bits per heavy atom. The first kappa shape index (κ1) is 11.6. The van der Waals surface area contributed by atoms with Crippen molar-refractivity contribution in [1.29, 1.82) is 0 Å². The van der Waals surface area contributed by atoms with Crippen molar-refractivity contribution < 1.29 is 19.4 Å². The highest BCUT2D eigenvalue weighted by molar-refractivity contribution is 5.73. The Kier molecular flexibility index (Phi) is 3.76. The van der Waals surface area contributed by atoms with Crippen molar-refractivity contribution in [3.05, 3.63) is 35.6 Å². The van der Waals surface area contributed by atoms with Crippen LogP contribution in [0.15, 0.2) is 24.3 Å². The van der Waals surface area contributed by atoms with E-state index in [2.05, 4.69) is 0 Å². The fourth-order valence-electron chi connectivity index (χ4n) is 1.16. The summed E-state index contributed by atoms with van der Waals surface area (Å²) < 4.78 is 12.5. The molecule has 0 aliphatic carbocycles. The van der Waals surface area contributed by atoms with Gasteiger partial charge in [0, 0.05) is 6.42 Å². The topological polar surface area (TPSA) is 83.5 Å². The first-order valence-corrected chi connectivity index (χ1v) is 4.42. The van der Waals surface area contributed by atoms with Crippen molar-refractivity contribution in [2.75, 3.05) is 0 Å². The first-order valence-electron chi connectivity index (χ1n) is 4.42. The standard InChI is InChI=1S/C10H12FNO3/c11-7-3-1-6(2-4-7)9(13)5-8(12)10(14)15/h1-4,8-9,13H,5,12H2,(H,14,15). The quantitative estimate of drug-likeness (QED) is 0.686. The molecule has 2 unspecified atom stereocenters. The number of aliphatic hydroxyl groups is 1. The Labute approximate surface area is 86.1 Å². The van der Waals surface area contributed by atoms with Gasteiger partial charge in [-0.25, -0.2) is 4.39 Å². The molecule has 0 amide bonds. The summed E-state index contributed by atoms with van der Waals surface area (Å²) in [7, 11) is 0. The number of benzene rings is 1. The van der Waals surface area contributed by atoms with E-state index in [1.54, 1.807) is 0 Å². The SMILES string of the molecule is NC(CC(O)c1ccc(F)cc1)C(=O)O. The Morgan fingerprint density at radius 1 is 1.40 bits per heavy atom. The van der Waals surface area contributed by atoms with Gasteiger partial charge in [-0.1, -0.05) is 12.1 Å². The molecule has 0 aliphatic rings. The third kappa shape index (κ3) is 3.30. The molecule has 2 atom stereocenters. The molecule has 0 aliphatic heterocycles. The normalized spacial score (nSPS) is 14.6. The van der Waals surface area contributed by atoms with E-state index in [-0.39, 0.29) is 6.42 Å². The maximum absolute atomic E-state index is 12.5. The van der Waals surface area contributed by atoms with Crippen LogP contribution in [-0.4, -0.2) is 22.2 Å². The predicted molar refractivity (Wildman–Crippen MR) is 51.6 cm³/mol. The summed E-state index contributed by atoms with van der Waals surface area (Å²) in [5.41, 5.74) is 5.70. The van der Waals surface area contributed by atoms with E-state index < -0.39 is 23.9 Å². The second-order valence-corrected chi connectivity index (χ2v) is 3.25. The van der Waals surface area contributed by atoms with Gasteiger partial charge in [0.1, 0.15) is 11.9 Å². The van der Waals surface area contributed by atoms with Crippen molar-refractivity contribution >= 4 is 5.97 Å². The maximum atomic E-state index is 12.5. The highest BCUT2D eigenvalue weighted by atomic mass is 19.1. The Morgan fingerprint density at radius 3 is 2.40 bits per heavy atom. The summed E-state index contributed by atoms with van der Waals surface area (Å²) in [5.74, 6) is -1.58. The largest absolute Gasteiger partial charge is 0.480 e. The number of halogens is 1. The molecule has 5 heteroatoms. The number of hydrogen-bond acceptors (Lipinski definition) is 3. The summed E-state index contributed by atoms with van der Waals surface area (Å²) in [5, 5.41) is 18.1. The van der Waals surface area contributed by atoms with Gasteiger partial charge in [0.25, 0.3) is 0 Å². The molecule has 0 heterocycles. The molecule has 0 bridgehead atoms. The molecule has 0 aromatic heterocycles. The number of hydrogen-bond donors (Lipinski definition) is 3. The second kappa shape index (κ2) is 4.86. The molecule has 1 rings (SSSR count). The highest BCUT2D eigenvalue weighted by Gasteiger charge is 2.17. The van der Waals surface area contributed by atoms with Crippen molar-refractivity contribution in [3.63, 3.8) is 0 Å². The third-order valence-electron chi connectivity index (χ3n) is 2.05. The number of aliphatic carboxylic acids is 1. The fraction of sp³-hybridized carbons (Fsp3) is 0.300. The van der Waals surface area contributed by atoms with Crippen LogP contribution in [0.3, 0.4) is 0 Å². The number of nitrogens with two attached hydrogens (primary N) is 1. The van der Waals surface area contributed by atoms with E-state index in [1.807, 2.05) is 0 Å². The lowest BCUT2D eigenvalue weighted by Gasteiger charge is -2.13. The minimum absolute atomic E-state index is 0.0963. The summed E-state index contributed by atoms with van der Waals surface area (Å²) in [4.78, 5) is 10.4. The highest BCUT2D eigenvalue weighted by Crippen LogP contribution is 2.17. The molecule has 0 fully saturated rings. The molecule has 1 aromatic carbocycles. The van der Waals surface area contributed by atoms with Crippen LogP contribution in [-0.2, 0) is 4.79 Å². The van der Waals surface area contributed by atoms with Gasteiger partial charge in [-0.05, 0) is 17.7 Å². The second-order valence-electron chi connectivity index (χ2n) is 3.25. The molecule has 1 aromatic rings. The van der Waals surface area contributed by atoms with Crippen LogP contribution in [0.1, 0.15) is 18.1 Å². The molecule has 0 spiro atoms. The van der Waals surface area contributed by atoms with Crippen molar-refractivity contribution in [2.24, 2.45) is 5.73 Å². The molecule has 82 valence electrons. The first-order chi connectivity index (χ1) is 7.00. The zero-order chi connectivity index (χ0) is 11.4. The van der Waals surface area contributed by atoms with Gasteiger partial charge in [-0.15, -0.1) is 0 Å². The average molecular weight is 213 g/mol. The van der Waals surface area contributed by atoms with Gasteiger partial charge in [0.2, 0.25) is 0 Å². The molecule has 15 heavy (non-hydrogen) atoms. The minimum Gasteiger partial charge on any atom is -0.480 e. The van der Waals surface area contributed by atoms with Gasteiger partial charge in [0.05, 0.1) is 6.10 Å². The molecular formula is C10H12FNO3. The summed E-state index contributed by atoms with van der Waals surface area (Å²) in [6.07, 6.45) is -1.09. The summed E-state index contributed by atoms with van der Waals surface area (Å²) >= 11 is 0. The van der Waals surface area contributed by atoms with Crippen molar-refractivity contribution in [2.45, 2.75) is 18.6 Å². The third-order valence-corrected chi connectivity index (χ3v) is 2.05. The minimum atomic E-state index is -1.17. The smallest absolute Gasteiger partial charge is 0.320 e. The molecule has 0 saturated heterocycles. The molecule has 4 nitrogen and oxygen atoms in total. The van der Waals surface area contributed by atoms with Crippen LogP contribution in [0.2, 0.25) is 0 Å². The number of carboxylic acid groups (broad SMARTS) is 1. The predicted octanol–water partition coefficient (Wildman–Crippen LogP) is 0.661. The Bertz CT molecular complexity index is 339. The number of rotatable bonds is 4. The van der Waals surface area contributed by atoms with E-state index in [0.717, 1.165) is 0 Å². The van der Waals surface area contributed by atoms with E-state index in [4.69, 9.17) is 10.8 Å². The average Bonchev–Trinajstić information content (AvgIpc) is 2.18. The molecule has 0 saturated carbocycles. The van der Waals surface area contributed by atoms with Crippen LogP contribution in [0.25, 0.3) is 0 Å². The van der Waals surface area contributed by atoms with Crippen LogP contribution < -0.4 is 5.73 Å². The van der Waals surface area contributed by atoms with E-state index in [0.29, 0.717) is 5.56 Å². The monoisotopic (exact) mass is 213 g/mol. The van der Waals surface area contributed by atoms with Gasteiger partial charge < -0.3 is 15.9 Å². The van der Waals surface area contributed by atoms with E-state index in [1.165, 1.54) is 24.3 Å². The fourth-order valence-corrected chi connectivity index (χ4v) is 1.16. The van der Waals surface area contributed by atoms with Crippen LogP contribution in [0.5, 0.6) is 0 Å². The van der Waals surface area contributed by atoms with Crippen LogP contribution >= 0.6 is 0 Å². The van der Waals surface area contributed by atoms with Crippen molar-refractivity contribution in [1.82, 2.24) is 0 Å². The lowest BCUT2D eigenvalue weighted by Crippen LogP contribution is -2.31. The van der Waals surface area contributed by atoms with Crippen molar-refractivity contribution in [3.8, 4) is 0 Å². The van der Waals surface area contributed by atoms with E-state index >= 15 is 0 Å². The van der Waals surface area contributed by atoms with Gasteiger partial charge in [0.15, 0.2) is 0 Å². The number of carbonyl (C=O) groups is 1. The van der Waals surface area contributed by atoms with Gasteiger partial charge in [-0.2, -0.15) is 0 Å². The Hall–Kier alpha value is -1.46. The van der Waals surface area contributed by atoms with Gasteiger partial charge in [-0.3, -0.25) is 4.79 Å². The summed E-state index contributed by atoms with van der Waals surface area (Å²) in [6, 6.07) is 4.07. The lowest BCUT2D eigenvalue weighted by molar-refractivity contribution is -0.139. The molecule has 0 radical (unpaired) electrons. The number of aliphatic hydroxyl groups excluding tert-OH is 1. The van der Waals surface area contributed by atoms with E-state index in [9.17, 15) is 14.3 Å².